The van der Waals surface area contributed by atoms with Crippen molar-refractivity contribution in [3.05, 3.63) is 64.8 Å². The maximum absolute atomic E-state index is 13.2. The number of amides is 2. The molecule has 0 unspecified atom stereocenters. The fourth-order valence-corrected chi connectivity index (χ4v) is 3.32. The van der Waals surface area contributed by atoms with Crippen LogP contribution in [-0.2, 0) is 9.53 Å². The molecule has 27 heavy (non-hydrogen) atoms. The summed E-state index contributed by atoms with van der Waals surface area (Å²) in [5.41, 5.74) is 0.186. The topological polar surface area (TPSA) is 81.7 Å². The number of esters is 1. The highest BCUT2D eigenvalue weighted by molar-refractivity contribution is 7.20. The Morgan fingerprint density at radius 1 is 1.11 bits per heavy atom. The summed E-state index contributed by atoms with van der Waals surface area (Å²) in [4.78, 5) is 36.3. The molecule has 2 aromatic carbocycles. The van der Waals surface area contributed by atoms with Crippen molar-refractivity contribution in [3.8, 4) is 5.75 Å². The SMILES string of the molecule is COc1ccccc1C(=O)NC(=O)COC(=O)c1cc2cc(F)ccc2s1. The highest BCUT2D eigenvalue weighted by atomic mass is 32.1. The number of hydrogen-bond donors (Lipinski definition) is 1. The zero-order valence-electron chi connectivity index (χ0n) is 14.2. The molecular weight excluding hydrogens is 373 g/mol. The van der Waals surface area contributed by atoms with E-state index in [0.717, 1.165) is 16.0 Å². The fraction of sp³-hybridized carbons (Fsp3) is 0.105. The molecule has 0 atom stereocenters. The first-order valence-corrected chi connectivity index (χ1v) is 8.63. The van der Waals surface area contributed by atoms with E-state index in [4.69, 9.17) is 9.47 Å². The average molecular weight is 387 g/mol. The van der Waals surface area contributed by atoms with Crippen LogP contribution in [0.25, 0.3) is 10.1 Å². The lowest BCUT2D eigenvalue weighted by atomic mass is 10.2. The van der Waals surface area contributed by atoms with Crippen LogP contribution in [0.3, 0.4) is 0 Å². The van der Waals surface area contributed by atoms with Crippen molar-refractivity contribution in [1.29, 1.82) is 0 Å². The van der Waals surface area contributed by atoms with Crippen molar-refractivity contribution in [3.63, 3.8) is 0 Å². The van der Waals surface area contributed by atoms with Crippen LogP contribution in [0.1, 0.15) is 20.0 Å². The number of rotatable bonds is 5. The number of hydrogen-bond acceptors (Lipinski definition) is 6. The summed E-state index contributed by atoms with van der Waals surface area (Å²) in [6, 6.07) is 12.1. The van der Waals surface area contributed by atoms with Crippen molar-refractivity contribution in [2.24, 2.45) is 0 Å². The van der Waals surface area contributed by atoms with E-state index < -0.39 is 30.2 Å². The first kappa shape index (κ1) is 18.5. The predicted octanol–water partition coefficient (Wildman–Crippen LogP) is 3.16. The fourth-order valence-electron chi connectivity index (χ4n) is 2.38. The van der Waals surface area contributed by atoms with Gasteiger partial charge in [-0.25, -0.2) is 9.18 Å². The molecule has 3 rings (SSSR count). The second-order valence-corrected chi connectivity index (χ2v) is 6.53. The number of carbonyl (C=O) groups is 3. The van der Waals surface area contributed by atoms with Crippen LogP contribution < -0.4 is 10.1 Å². The molecule has 0 aliphatic rings. The van der Waals surface area contributed by atoms with E-state index in [-0.39, 0.29) is 10.4 Å². The lowest BCUT2D eigenvalue weighted by Crippen LogP contribution is -2.34. The summed E-state index contributed by atoms with van der Waals surface area (Å²) < 4.78 is 23.9. The number of fused-ring (bicyclic) bond motifs is 1. The molecule has 0 aliphatic carbocycles. The summed E-state index contributed by atoms with van der Waals surface area (Å²) in [7, 11) is 1.41. The van der Waals surface area contributed by atoms with E-state index in [1.54, 1.807) is 24.3 Å². The van der Waals surface area contributed by atoms with Crippen LogP contribution in [-0.4, -0.2) is 31.5 Å². The van der Waals surface area contributed by atoms with Crippen molar-refractivity contribution in [1.82, 2.24) is 5.32 Å². The van der Waals surface area contributed by atoms with Crippen LogP contribution in [0.15, 0.2) is 48.5 Å². The maximum atomic E-state index is 13.2. The highest BCUT2D eigenvalue weighted by Crippen LogP contribution is 2.26. The smallest absolute Gasteiger partial charge is 0.348 e. The minimum absolute atomic E-state index is 0.186. The van der Waals surface area contributed by atoms with Gasteiger partial charge < -0.3 is 9.47 Å². The third kappa shape index (κ3) is 4.29. The third-order valence-electron chi connectivity index (χ3n) is 3.62. The molecule has 0 radical (unpaired) electrons. The Labute approximate surface area is 157 Å². The number of methoxy groups -OCH3 is 1. The molecule has 0 bridgehead atoms. The Hall–Kier alpha value is -3.26. The molecule has 1 N–H and O–H groups in total. The molecule has 138 valence electrons. The van der Waals surface area contributed by atoms with Gasteiger partial charge >= 0.3 is 5.97 Å². The molecule has 3 aromatic rings. The highest BCUT2D eigenvalue weighted by Gasteiger charge is 2.17. The zero-order valence-corrected chi connectivity index (χ0v) is 15.0. The lowest BCUT2D eigenvalue weighted by Gasteiger charge is -2.08. The van der Waals surface area contributed by atoms with Crippen molar-refractivity contribution >= 4 is 39.2 Å². The number of halogens is 1. The van der Waals surface area contributed by atoms with Gasteiger partial charge in [-0.3, -0.25) is 14.9 Å². The first-order valence-electron chi connectivity index (χ1n) is 7.81. The van der Waals surface area contributed by atoms with Gasteiger partial charge in [0.2, 0.25) is 0 Å². The van der Waals surface area contributed by atoms with Gasteiger partial charge in [0.05, 0.1) is 12.7 Å². The van der Waals surface area contributed by atoms with E-state index in [0.29, 0.717) is 11.1 Å². The van der Waals surface area contributed by atoms with Crippen LogP contribution >= 0.6 is 11.3 Å². The van der Waals surface area contributed by atoms with Gasteiger partial charge in [0.1, 0.15) is 16.4 Å². The first-order chi connectivity index (χ1) is 13.0. The Morgan fingerprint density at radius 3 is 2.67 bits per heavy atom. The third-order valence-corrected chi connectivity index (χ3v) is 4.71. The van der Waals surface area contributed by atoms with Gasteiger partial charge in [0, 0.05) is 4.70 Å². The zero-order chi connectivity index (χ0) is 19.4. The maximum Gasteiger partial charge on any atom is 0.348 e. The second-order valence-electron chi connectivity index (χ2n) is 5.45. The lowest BCUT2D eigenvalue weighted by molar-refractivity contribution is -0.123. The van der Waals surface area contributed by atoms with E-state index in [1.807, 2.05) is 0 Å². The van der Waals surface area contributed by atoms with Crippen LogP contribution in [0.2, 0.25) is 0 Å². The summed E-state index contributed by atoms with van der Waals surface area (Å²) in [6.45, 7) is -0.623. The molecule has 1 heterocycles. The van der Waals surface area contributed by atoms with Crippen molar-refractivity contribution in [2.75, 3.05) is 13.7 Å². The monoisotopic (exact) mass is 387 g/mol. The van der Waals surface area contributed by atoms with Gasteiger partial charge in [-0.05, 0) is 41.8 Å². The van der Waals surface area contributed by atoms with Crippen molar-refractivity contribution < 1.29 is 28.2 Å². The molecule has 0 spiro atoms. The Bertz CT molecular complexity index is 1030. The molecule has 0 saturated heterocycles. The summed E-state index contributed by atoms with van der Waals surface area (Å²) in [6.07, 6.45) is 0. The number of benzene rings is 2. The van der Waals surface area contributed by atoms with Gasteiger partial charge in [-0.1, -0.05) is 12.1 Å². The predicted molar refractivity (Wildman–Crippen MR) is 97.5 cm³/mol. The van der Waals surface area contributed by atoms with Gasteiger partial charge in [-0.2, -0.15) is 0 Å². The normalized spacial score (nSPS) is 10.4. The minimum atomic E-state index is -0.772. The number of imide groups is 1. The molecule has 0 saturated carbocycles. The van der Waals surface area contributed by atoms with Crippen LogP contribution in [0.4, 0.5) is 4.39 Å². The van der Waals surface area contributed by atoms with Gasteiger partial charge in [-0.15, -0.1) is 11.3 Å². The Kier molecular flexibility index (Phi) is 5.46. The number of thiophene rings is 1. The number of nitrogens with one attached hydrogen (secondary N) is 1. The van der Waals surface area contributed by atoms with Crippen molar-refractivity contribution in [2.45, 2.75) is 0 Å². The molecule has 2 amide bonds. The largest absolute Gasteiger partial charge is 0.496 e. The molecular formula is C19H14FNO5S. The van der Waals surface area contributed by atoms with E-state index in [2.05, 4.69) is 5.32 Å². The molecule has 6 nitrogen and oxygen atoms in total. The summed E-state index contributed by atoms with van der Waals surface area (Å²) in [5, 5.41) is 2.70. The van der Waals surface area contributed by atoms with E-state index in [1.165, 1.54) is 31.4 Å². The Morgan fingerprint density at radius 2 is 1.89 bits per heavy atom. The Balaban J connectivity index is 1.59. The van der Waals surface area contributed by atoms with E-state index in [9.17, 15) is 18.8 Å². The van der Waals surface area contributed by atoms with Gasteiger partial charge in [0.15, 0.2) is 6.61 Å². The number of carbonyl (C=O) groups excluding carboxylic acids is 3. The molecule has 0 fully saturated rings. The number of ether oxygens (including phenoxy) is 2. The summed E-state index contributed by atoms with van der Waals surface area (Å²) in [5.74, 6) is -2.25. The molecule has 1 aromatic heterocycles. The van der Waals surface area contributed by atoms with Gasteiger partial charge in [0.25, 0.3) is 11.8 Å². The van der Waals surface area contributed by atoms with Crippen LogP contribution in [0.5, 0.6) is 5.75 Å². The number of para-hydroxylation sites is 1. The quantitative estimate of drug-likeness (QED) is 0.680. The molecule has 8 heteroatoms. The average Bonchev–Trinajstić information content (AvgIpc) is 3.09. The van der Waals surface area contributed by atoms with E-state index >= 15 is 0 Å². The molecule has 0 aliphatic heterocycles. The standard InChI is InChI=1S/C19H14FNO5S/c1-25-14-5-3-2-4-13(14)18(23)21-17(22)10-26-19(24)16-9-11-8-12(20)6-7-15(11)27-16/h2-9H,10H2,1H3,(H,21,22,23). The van der Waals surface area contributed by atoms with Crippen LogP contribution in [0, 0.1) is 5.82 Å². The minimum Gasteiger partial charge on any atom is -0.496 e. The second kappa shape index (κ2) is 7.96. The summed E-state index contributed by atoms with van der Waals surface area (Å²) >= 11 is 1.13.